The second-order valence-corrected chi connectivity index (χ2v) is 12.8. The molecule has 2 atom stereocenters. The zero-order valence-electron chi connectivity index (χ0n) is 18.9. The monoisotopic (exact) mass is 420 g/mol. The molecule has 1 aliphatic carbocycles. The van der Waals surface area contributed by atoms with Crippen LogP contribution < -0.4 is 0 Å². The van der Waals surface area contributed by atoms with Crippen LogP contribution in [-0.4, -0.2) is 50.3 Å². The van der Waals surface area contributed by atoms with Crippen molar-refractivity contribution in [3.8, 4) is 0 Å². The minimum atomic E-state index is -1.11. The molecule has 1 unspecified atom stereocenters. The van der Waals surface area contributed by atoms with Crippen molar-refractivity contribution in [2.45, 2.75) is 77.2 Å². The number of benzene rings is 1. The van der Waals surface area contributed by atoms with Crippen LogP contribution in [0.5, 0.6) is 0 Å². The van der Waals surface area contributed by atoms with Crippen LogP contribution >= 0.6 is 0 Å². The molecule has 1 saturated heterocycles. The molecule has 1 aliphatic heterocycles. The molecule has 1 heterocycles. The predicted octanol–water partition coefficient (Wildman–Crippen LogP) is 4.70. The molecule has 0 saturated carbocycles. The Morgan fingerprint density at radius 2 is 1.76 bits per heavy atom. The summed E-state index contributed by atoms with van der Waals surface area (Å²) in [6.07, 6.45) is 2.52. The molecular formula is C23H36N2O3S. The van der Waals surface area contributed by atoms with Crippen molar-refractivity contribution in [2.75, 3.05) is 20.1 Å². The molecule has 1 fully saturated rings. The second kappa shape index (κ2) is 7.78. The summed E-state index contributed by atoms with van der Waals surface area (Å²) in [6.45, 7) is 13.1. The van der Waals surface area contributed by atoms with Crippen molar-refractivity contribution >= 4 is 17.5 Å². The van der Waals surface area contributed by atoms with Crippen molar-refractivity contribution < 1.29 is 14.1 Å². The summed E-state index contributed by atoms with van der Waals surface area (Å²) < 4.78 is 20.6. The van der Waals surface area contributed by atoms with Gasteiger partial charge in [0.1, 0.15) is 10.3 Å². The van der Waals surface area contributed by atoms with Gasteiger partial charge in [-0.15, -0.1) is 4.31 Å². The Kier molecular flexibility index (Phi) is 6.03. The molecule has 5 nitrogen and oxygen atoms in total. The van der Waals surface area contributed by atoms with Gasteiger partial charge < -0.3 is 14.2 Å². The lowest BCUT2D eigenvalue weighted by molar-refractivity contribution is 0.00171. The smallest absolute Gasteiger partial charge is 0.410 e. The molecule has 6 heteroatoms. The Bertz CT molecular complexity index is 745. The third kappa shape index (κ3) is 4.59. The van der Waals surface area contributed by atoms with Gasteiger partial charge in [0.25, 0.3) is 0 Å². The van der Waals surface area contributed by atoms with Crippen LogP contribution in [0, 0.1) is 5.41 Å². The number of hydrogen-bond acceptors (Lipinski definition) is 4. The van der Waals surface area contributed by atoms with Gasteiger partial charge in [0.05, 0.1) is 6.04 Å². The minimum Gasteiger partial charge on any atom is -0.597 e. The molecule has 1 spiro atoms. The SMILES string of the molecule is CN(C1c2ccccc2CC12CCN(C(=O)OC(C)(C)C)CC2)[S@+]([O-])C(C)(C)C. The lowest BCUT2D eigenvalue weighted by Crippen LogP contribution is -2.51. The summed E-state index contributed by atoms with van der Waals surface area (Å²) in [5.41, 5.74) is 2.15. The van der Waals surface area contributed by atoms with Gasteiger partial charge in [0.2, 0.25) is 0 Å². The zero-order chi connectivity index (χ0) is 21.6. The first kappa shape index (κ1) is 22.4. The highest BCUT2D eigenvalue weighted by Gasteiger charge is 2.53. The maximum atomic E-state index is 13.3. The van der Waals surface area contributed by atoms with Gasteiger partial charge in [0.15, 0.2) is 0 Å². The van der Waals surface area contributed by atoms with E-state index in [1.54, 1.807) is 0 Å². The Hall–Kier alpha value is -1.24. The standard InChI is InChI=1S/C23H36N2O3S/c1-21(2,3)28-20(26)25-14-12-23(13-15-25)16-17-10-8-9-11-18(17)19(23)24(7)29(27)22(4,5)6/h8-11,19H,12-16H2,1-7H3/t19?,29-/m1/s1. The average Bonchev–Trinajstić information content (AvgIpc) is 2.92. The zero-order valence-corrected chi connectivity index (χ0v) is 19.8. The van der Waals surface area contributed by atoms with Crippen molar-refractivity contribution in [1.82, 2.24) is 9.21 Å². The van der Waals surface area contributed by atoms with Crippen molar-refractivity contribution in [2.24, 2.45) is 5.41 Å². The first-order chi connectivity index (χ1) is 13.3. The van der Waals surface area contributed by atoms with Gasteiger partial charge in [-0.25, -0.2) is 4.79 Å². The summed E-state index contributed by atoms with van der Waals surface area (Å²) in [7, 11) is 2.00. The summed E-state index contributed by atoms with van der Waals surface area (Å²) in [4.78, 5) is 14.4. The van der Waals surface area contributed by atoms with Crippen LogP contribution in [0.15, 0.2) is 24.3 Å². The lowest BCUT2D eigenvalue weighted by Gasteiger charge is -2.46. The van der Waals surface area contributed by atoms with Crippen molar-refractivity contribution in [3.05, 3.63) is 35.4 Å². The number of carbonyl (C=O) groups is 1. The molecule has 0 aromatic heterocycles. The quantitative estimate of drug-likeness (QED) is 0.651. The summed E-state index contributed by atoms with van der Waals surface area (Å²) in [5.74, 6) is 0. The van der Waals surface area contributed by atoms with Crippen molar-refractivity contribution in [3.63, 3.8) is 0 Å². The van der Waals surface area contributed by atoms with E-state index in [1.807, 2.05) is 53.5 Å². The van der Waals surface area contributed by atoms with Crippen LogP contribution in [0.3, 0.4) is 0 Å². The number of fused-ring (bicyclic) bond motifs is 1. The summed E-state index contributed by atoms with van der Waals surface area (Å²) in [6, 6.07) is 8.65. The van der Waals surface area contributed by atoms with Crippen LogP contribution in [0.1, 0.15) is 71.6 Å². The summed E-state index contributed by atoms with van der Waals surface area (Å²) >= 11 is -1.11. The van der Waals surface area contributed by atoms with E-state index in [4.69, 9.17) is 4.74 Å². The Labute approximate surface area is 179 Å². The van der Waals surface area contributed by atoms with E-state index in [1.165, 1.54) is 11.1 Å². The predicted molar refractivity (Wildman–Crippen MR) is 118 cm³/mol. The van der Waals surface area contributed by atoms with Gasteiger partial charge in [-0.3, -0.25) is 0 Å². The first-order valence-corrected chi connectivity index (χ1v) is 11.7. The van der Waals surface area contributed by atoms with Gasteiger partial charge in [-0.2, -0.15) is 0 Å². The first-order valence-electron chi connectivity index (χ1n) is 10.5. The fourth-order valence-corrected chi connectivity index (χ4v) is 6.18. The maximum Gasteiger partial charge on any atom is 0.410 e. The fraction of sp³-hybridized carbons (Fsp3) is 0.696. The largest absolute Gasteiger partial charge is 0.597 e. The molecule has 1 aromatic rings. The second-order valence-electron chi connectivity index (χ2n) is 10.5. The van der Waals surface area contributed by atoms with E-state index >= 15 is 0 Å². The van der Waals surface area contributed by atoms with E-state index in [0.29, 0.717) is 13.1 Å². The summed E-state index contributed by atoms with van der Waals surface area (Å²) in [5, 5.41) is 0. The van der Waals surface area contributed by atoms with Gasteiger partial charge in [-0.05, 0) is 71.9 Å². The van der Waals surface area contributed by atoms with Crippen LogP contribution in [0.25, 0.3) is 0 Å². The maximum absolute atomic E-state index is 13.3. The van der Waals surface area contributed by atoms with Gasteiger partial charge in [-0.1, -0.05) is 24.3 Å². The van der Waals surface area contributed by atoms with Crippen molar-refractivity contribution in [1.29, 1.82) is 0 Å². The van der Waals surface area contributed by atoms with Crippen LogP contribution in [-0.2, 0) is 22.5 Å². The number of rotatable bonds is 2. The number of hydrogen-bond donors (Lipinski definition) is 0. The molecule has 162 valence electrons. The minimum absolute atomic E-state index is 0.00212. The topological polar surface area (TPSA) is 55.8 Å². The third-order valence-electron chi connectivity index (χ3n) is 6.03. The number of carbonyl (C=O) groups excluding carboxylic acids is 1. The normalized spacial score (nSPS) is 22.7. The molecule has 2 aliphatic rings. The Morgan fingerprint density at radius 3 is 2.31 bits per heavy atom. The van der Waals surface area contributed by atoms with Crippen LogP contribution in [0.4, 0.5) is 4.79 Å². The fourth-order valence-electron chi connectivity index (χ4n) is 4.79. The van der Waals surface area contributed by atoms with Gasteiger partial charge >= 0.3 is 6.09 Å². The average molecular weight is 421 g/mol. The molecule has 0 N–H and O–H groups in total. The Morgan fingerprint density at radius 1 is 1.17 bits per heavy atom. The molecule has 3 rings (SSSR count). The van der Waals surface area contributed by atoms with E-state index in [0.717, 1.165) is 19.3 Å². The number of likely N-dealkylation sites (tertiary alicyclic amines) is 1. The Balaban J connectivity index is 1.84. The van der Waals surface area contributed by atoms with E-state index in [9.17, 15) is 9.35 Å². The molecule has 0 bridgehead atoms. The number of piperidine rings is 1. The van der Waals surface area contributed by atoms with Gasteiger partial charge in [0, 0.05) is 36.9 Å². The molecule has 0 radical (unpaired) electrons. The number of amides is 1. The highest BCUT2D eigenvalue weighted by Crippen LogP contribution is 2.55. The third-order valence-corrected chi connectivity index (χ3v) is 7.81. The highest BCUT2D eigenvalue weighted by molar-refractivity contribution is 7.90. The van der Waals surface area contributed by atoms with E-state index in [2.05, 4.69) is 28.6 Å². The lowest BCUT2D eigenvalue weighted by atomic mass is 9.73. The van der Waals surface area contributed by atoms with E-state index in [-0.39, 0.29) is 22.3 Å². The van der Waals surface area contributed by atoms with E-state index < -0.39 is 17.0 Å². The number of nitrogens with zero attached hydrogens (tertiary/aromatic N) is 2. The highest BCUT2D eigenvalue weighted by atomic mass is 32.2. The molecule has 1 aromatic carbocycles. The number of ether oxygens (including phenoxy) is 1. The van der Waals surface area contributed by atoms with Crippen LogP contribution in [0.2, 0.25) is 0 Å². The molecular weight excluding hydrogens is 384 g/mol. The molecule has 1 amide bonds. The molecule has 29 heavy (non-hydrogen) atoms.